The van der Waals surface area contributed by atoms with Gasteiger partial charge in [0.25, 0.3) is 0 Å². The Labute approximate surface area is 80.4 Å². The van der Waals surface area contributed by atoms with Gasteiger partial charge in [0.15, 0.2) is 0 Å². The Morgan fingerprint density at radius 1 is 1.54 bits per heavy atom. The largest absolute Gasteiger partial charge is 0.385 e. The lowest BCUT2D eigenvalue weighted by Crippen LogP contribution is -2.34. The summed E-state index contributed by atoms with van der Waals surface area (Å²) in [6, 6.07) is 0.265. The second kappa shape index (κ2) is 4.61. The van der Waals surface area contributed by atoms with Crippen LogP contribution in [0.4, 0.5) is 0 Å². The van der Waals surface area contributed by atoms with Gasteiger partial charge in [-0.05, 0) is 39.5 Å². The molecule has 0 bridgehead atoms. The smallest absolute Gasteiger partial charge is 0.124 e. The zero-order chi connectivity index (χ0) is 9.84. The minimum absolute atomic E-state index is 0.0763. The fourth-order valence-corrected chi connectivity index (χ4v) is 1.41. The molecule has 1 aliphatic carbocycles. The van der Waals surface area contributed by atoms with Gasteiger partial charge in [0.2, 0.25) is 0 Å². The lowest BCUT2D eigenvalue weighted by molar-refractivity contribution is 0.0935. The van der Waals surface area contributed by atoms with E-state index in [0.29, 0.717) is 11.8 Å². The van der Waals surface area contributed by atoms with Crippen LogP contribution in [-0.2, 0) is 4.74 Å². The zero-order valence-corrected chi connectivity index (χ0v) is 8.79. The molecule has 1 saturated carbocycles. The minimum atomic E-state index is 0.0763. The van der Waals surface area contributed by atoms with Crippen molar-refractivity contribution in [2.75, 3.05) is 6.61 Å². The van der Waals surface area contributed by atoms with Crippen molar-refractivity contribution in [1.29, 1.82) is 0 Å². The van der Waals surface area contributed by atoms with Crippen LogP contribution in [0.15, 0.2) is 4.99 Å². The summed E-state index contributed by atoms with van der Waals surface area (Å²) in [4.78, 5) is 4.33. The van der Waals surface area contributed by atoms with E-state index < -0.39 is 0 Å². The molecule has 0 aromatic rings. The van der Waals surface area contributed by atoms with Gasteiger partial charge < -0.3 is 10.5 Å². The van der Waals surface area contributed by atoms with E-state index in [1.807, 2.05) is 20.8 Å². The maximum Gasteiger partial charge on any atom is 0.124 e. The van der Waals surface area contributed by atoms with Crippen molar-refractivity contribution >= 4 is 5.84 Å². The molecule has 76 valence electrons. The molecule has 0 spiro atoms. The summed E-state index contributed by atoms with van der Waals surface area (Å²) in [5.41, 5.74) is 5.87. The van der Waals surface area contributed by atoms with Crippen molar-refractivity contribution in [2.45, 2.75) is 45.8 Å². The molecule has 1 fully saturated rings. The molecule has 1 unspecified atom stereocenters. The molecular weight excluding hydrogens is 164 g/mol. The molecule has 3 nitrogen and oxygen atoms in total. The van der Waals surface area contributed by atoms with Crippen LogP contribution in [0, 0.1) is 5.92 Å². The van der Waals surface area contributed by atoms with Crippen molar-refractivity contribution in [3.05, 3.63) is 0 Å². The van der Waals surface area contributed by atoms with Crippen LogP contribution in [0.5, 0.6) is 0 Å². The van der Waals surface area contributed by atoms with Gasteiger partial charge in [-0.2, -0.15) is 0 Å². The number of nitrogens with zero attached hydrogens (tertiary/aromatic N) is 1. The Morgan fingerprint density at radius 3 is 2.54 bits per heavy atom. The molecule has 1 atom stereocenters. The van der Waals surface area contributed by atoms with Crippen LogP contribution in [0.25, 0.3) is 0 Å². The van der Waals surface area contributed by atoms with E-state index in [-0.39, 0.29) is 12.1 Å². The maximum absolute atomic E-state index is 5.87. The second-order valence-electron chi connectivity index (χ2n) is 3.86. The number of nitrogens with two attached hydrogens (primary N) is 1. The number of hydrogen-bond donors (Lipinski definition) is 1. The third-order valence-corrected chi connectivity index (χ3v) is 2.10. The molecule has 2 N–H and O–H groups in total. The van der Waals surface area contributed by atoms with Crippen LogP contribution in [-0.4, -0.2) is 24.6 Å². The average Bonchev–Trinajstić information content (AvgIpc) is 2.81. The Kier molecular flexibility index (Phi) is 3.72. The first kappa shape index (κ1) is 10.5. The first-order valence-electron chi connectivity index (χ1n) is 5.10. The molecule has 1 rings (SSSR count). The maximum atomic E-state index is 5.87. The summed E-state index contributed by atoms with van der Waals surface area (Å²) >= 11 is 0. The quantitative estimate of drug-likeness (QED) is 0.520. The Balaban J connectivity index is 2.52. The number of aliphatic imine (C=N–C) groups is 1. The molecule has 0 saturated heterocycles. The zero-order valence-electron chi connectivity index (χ0n) is 8.79. The van der Waals surface area contributed by atoms with E-state index in [4.69, 9.17) is 10.5 Å². The number of ether oxygens (including phenoxy) is 1. The summed E-state index contributed by atoms with van der Waals surface area (Å²) < 4.78 is 5.57. The average molecular weight is 184 g/mol. The van der Waals surface area contributed by atoms with Crippen LogP contribution < -0.4 is 5.73 Å². The summed E-state index contributed by atoms with van der Waals surface area (Å²) in [7, 11) is 0. The van der Waals surface area contributed by atoms with Gasteiger partial charge in [0, 0.05) is 12.6 Å². The SMILES string of the molecule is CCOC(C(N)=NC(C)C)C1CC1. The van der Waals surface area contributed by atoms with Gasteiger partial charge in [-0.3, -0.25) is 4.99 Å². The van der Waals surface area contributed by atoms with Gasteiger partial charge in [-0.25, -0.2) is 0 Å². The van der Waals surface area contributed by atoms with Crippen molar-refractivity contribution in [1.82, 2.24) is 0 Å². The van der Waals surface area contributed by atoms with Gasteiger partial charge in [-0.1, -0.05) is 0 Å². The van der Waals surface area contributed by atoms with Crippen molar-refractivity contribution in [3.63, 3.8) is 0 Å². The lowest BCUT2D eigenvalue weighted by Gasteiger charge is -2.16. The fraction of sp³-hybridized carbons (Fsp3) is 0.900. The van der Waals surface area contributed by atoms with Gasteiger partial charge >= 0.3 is 0 Å². The fourth-order valence-electron chi connectivity index (χ4n) is 1.41. The summed E-state index contributed by atoms with van der Waals surface area (Å²) in [6.45, 7) is 6.78. The molecule has 0 aromatic carbocycles. The first-order valence-corrected chi connectivity index (χ1v) is 5.10. The van der Waals surface area contributed by atoms with Crippen LogP contribution in [0.2, 0.25) is 0 Å². The molecule has 3 heteroatoms. The summed E-state index contributed by atoms with van der Waals surface area (Å²) in [5.74, 6) is 1.31. The van der Waals surface area contributed by atoms with E-state index in [1.165, 1.54) is 12.8 Å². The van der Waals surface area contributed by atoms with Crippen LogP contribution >= 0.6 is 0 Å². The molecule has 0 amide bonds. The van der Waals surface area contributed by atoms with Crippen molar-refractivity contribution in [2.24, 2.45) is 16.6 Å². The molecule has 0 radical (unpaired) electrons. The highest BCUT2D eigenvalue weighted by Crippen LogP contribution is 2.34. The molecular formula is C10H20N2O. The number of rotatable bonds is 5. The molecule has 13 heavy (non-hydrogen) atoms. The second-order valence-corrected chi connectivity index (χ2v) is 3.86. The third kappa shape index (κ3) is 3.35. The Morgan fingerprint density at radius 2 is 2.15 bits per heavy atom. The Hall–Kier alpha value is -0.570. The molecule has 0 aliphatic heterocycles. The van der Waals surface area contributed by atoms with Crippen molar-refractivity contribution in [3.8, 4) is 0 Å². The standard InChI is InChI=1S/C10H20N2O/c1-4-13-9(8-5-6-8)10(11)12-7(2)3/h7-9H,4-6H2,1-3H3,(H2,11,12). The van der Waals surface area contributed by atoms with Crippen LogP contribution in [0.1, 0.15) is 33.6 Å². The minimum Gasteiger partial charge on any atom is -0.385 e. The summed E-state index contributed by atoms with van der Waals surface area (Å²) in [6.07, 6.45) is 2.55. The van der Waals surface area contributed by atoms with E-state index in [0.717, 1.165) is 6.61 Å². The number of amidine groups is 1. The summed E-state index contributed by atoms with van der Waals surface area (Å²) in [5, 5.41) is 0. The monoisotopic (exact) mass is 184 g/mol. The topological polar surface area (TPSA) is 47.6 Å². The normalized spacial score (nSPS) is 20.8. The molecule has 0 heterocycles. The highest BCUT2D eigenvalue weighted by Gasteiger charge is 2.34. The first-order chi connectivity index (χ1) is 6.15. The highest BCUT2D eigenvalue weighted by molar-refractivity contribution is 5.85. The van der Waals surface area contributed by atoms with E-state index >= 15 is 0 Å². The Bertz CT molecular complexity index is 185. The lowest BCUT2D eigenvalue weighted by atomic mass is 10.2. The predicted molar refractivity (Wildman–Crippen MR) is 54.9 cm³/mol. The molecule has 0 aromatic heterocycles. The van der Waals surface area contributed by atoms with Crippen molar-refractivity contribution < 1.29 is 4.74 Å². The predicted octanol–water partition coefficient (Wildman–Crippen LogP) is 1.57. The third-order valence-electron chi connectivity index (χ3n) is 2.10. The highest BCUT2D eigenvalue weighted by atomic mass is 16.5. The van der Waals surface area contributed by atoms with Gasteiger partial charge in [0.1, 0.15) is 11.9 Å². The van der Waals surface area contributed by atoms with Gasteiger partial charge in [-0.15, -0.1) is 0 Å². The molecule has 1 aliphatic rings. The van der Waals surface area contributed by atoms with E-state index in [1.54, 1.807) is 0 Å². The van der Waals surface area contributed by atoms with E-state index in [9.17, 15) is 0 Å². The van der Waals surface area contributed by atoms with Crippen LogP contribution in [0.3, 0.4) is 0 Å². The van der Waals surface area contributed by atoms with Gasteiger partial charge in [0.05, 0.1) is 0 Å². The van der Waals surface area contributed by atoms with E-state index in [2.05, 4.69) is 4.99 Å². The number of hydrogen-bond acceptors (Lipinski definition) is 2.